The Kier molecular flexibility index (Phi) is 7.27. The molecule has 0 saturated heterocycles. The zero-order valence-electron chi connectivity index (χ0n) is 13.5. The molecule has 2 nitrogen and oxygen atoms in total. The van der Waals surface area contributed by atoms with Crippen molar-refractivity contribution in [3.63, 3.8) is 0 Å². The van der Waals surface area contributed by atoms with Gasteiger partial charge in [-0.2, -0.15) is 13.2 Å². The number of ether oxygens (including phenoxy) is 1. The first-order valence-corrected chi connectivity index (χ1v) is 9.08. The van der Waals surface area contributed by atoms with Crippen LogP contribution in [0.15, 0.2) is 84.9 Å². The molecule has 7 heteroatoms. The van der Waals surface area contributed by atoms with Gasteiger partial charge in [0.1, 0.15) is 19.4 Å². The van der Waals surface area contributed by atoms with E-state index in [4.69, 9.17) is 4.74 Å². The van der Waals surface area contributed by atoms with Gasteiger partial charge in [0.2, 0.25) is 0 Å². The molecule has 0 N–H and O–H groups in total. The first-order valence-electron chi connectivity index (χ1n) is 7.74. The van der Waals surface area contributed by atoms with Gasteiger partial charge in [-0.3, -0.25) is 4.79 Å². The minimum atomic E-state index is -4.62. The fraction of sp³-hybridized carbons (Fsp3) is 0.0500. The first-order chi connectivity index (χ1) is 12.4. The normalized spacial score (nSPS) is 12.0. The second-order valence-electron chi connectivity index (χ2n) is 5.38. The second kappa shape index (κ2) is 9.24. The number of benzene rings is 3. The summed E-state index contributed by atoms with van der Waals surface area (Å²) in [5.41, 5.74) is -0.856. The van der Waals surface area contributed by atoms with Crippen molar-refractivity contribution in [1.29, 1.82) is 0 Å². The zero-order chi connectivity index (χ0) is 18.6. The monoisotopic (exact) mass is 382 g/mol. The maximum absolute atomic E-state index is 13.6. The van der Waals surface area contributed by atoms with Crippen LogP contribution in [0.4, 0.5) is 13.2 Å². The summed E-state index contributed by atoms with van der Waals surface area (Å²) in [6.07, 6.45) is 0. The van der Waals surface area contributed by atoms with Crippen molar-refractivity contribution in [2.45, 2.75) is 5.92 Å². The van der Waals surface area contributed by atoms with Gasteiger partial charge in [-0.05, 0) is 29.6 Å². The van der Waals surface area contributed by atoms with Crippen LogP contribution >= 0.6 is 7.92 Å². The molecule has 0 aliphatic carbocycles. The average Bonchev–Trinajstić information content (AvgIpc) is 2.64. The first kappa shape index (κ1) is 21.2. The van der Waals surface area contributed by atoms with Crippen molar-refractivity contribution in [2.24, 2.45) is 0 Å². The van der Waals surface area contributed by atoms with Gasteiger partial charge in [-0.15, -0.1) is 0 Å². The molecule has 0 saturated carbocycles. The molecular formula is C20H15F3LiO2P. The van der Waals surface area contributed by atoms with E-state index in [2.05, 4.69) is 0 Å². The Morgan fingerprint density at radius 2 is 1.22 bits per heavy atom. The number of carbonyl (C=O) groups is 1. The summed E-state index contributed by atoms with van der Waals surface area (Å²) in [5, 5.41) is -0.0539. The molecule has 0 radical (unpaired) electrons. The van der Waals surface area contributed by atoms with Crippen molar-refractivity contribution in [3.8, 4) is 11.5 Å². The molecule has 0 heterocycles. The predicted molar refractivity (Wildman–Crippen MR) is 103 cm³/mol. The van der Waals surface area contributed by atoms with Crippen LogP contribution in [0.1, 0.15) is 10.4 Å². The summed E-state index contributed by atoms with van der Waals surface area (Å²) in [7, 11) is -3.00. The summed E-state index contributed by atoms with van der Waals surface area (Å²) in [4.78, 5) is 12.4. The molecule has 27 heavy (non-hydrogen) atoms. The topological polar surface area (TPSA) is 26.3 Å². The predicted octanol–water partition coefficient (Wildman–Crippen LogP) is 5.30. The molecule has 0 aliphatic heterocycles. The summed E-state index contributed by atoms with van der Waals surface area (Å²) < 4.78 is 46.3. The van der Waals surface area contributed by atoms with Crippen LogP contribution in [-0.2, 0) is 0 Å². The third-order valence-corrected chi connectivity index (χ3v) is 5.54. The molecule has 0 amide bonds. The van der Waals surface area contributed by atoms with E-state index in [-0.39, 0.29) is 29.7 Å². The van der Waals surface area contributed by atoms with Crippen molar-refractivity contribution >= 4 is 37.6 Å². The Balaban J connectivity index is 0.00000261. The molecule has 0 aliphatic rings. The van der Waals surface area contributed by atoms with Gasteiger partial charge in [0.15, 0.2) is 5.52 Å². The van der Waals surface area contributed by atoms with Crippen LogP contribution in [0, 0.1) is 0 Å². The molecule has 0 aromatic heterocycles. The van der Waals surface area contributed by atoms with Crippen LogP contribution in [0.5, 0.6) is 11.5 Å². The van der Waals surface area contributed by atoms with Gasteiger partial charge >= 0.3 is 24.8 Å². The van der Waals surface area contributed by atoms with E-state index in [0.717, 1.165) is 0 Å². The number of hydrogen-bond acceptors (Lipinski definition) is 2. The molecule has 1 atom stereocenters. The van der Waals surface area contributed by atoms with Crippen LogP contribution in [0.3, 0.4) is 0 Å². The van der Waals surface area contributed by atoms with Crippen molar-refractivity contribution < 1.29 is 22.7 Å². The van der Waals surface area contributed by atoms with E-state index in [1.165, 1.54) is 36.4 Å². The Bertz CT molecular complexity index is 869. The van der Waals surface area contributed by atoms with Crippen LogP contribution in [0.2, 0.25) is 0 Å². The van der Waals surface area contributed by atoms with E-state index >= 15 is 0 Å². The van der Waals surface area contributed by atoms with Gasteiger partial charge in [0, 0.05) is 5.56 Å². The Morgan fingerprint density at radius 3 is 1.74 bits per heavy atom. The van der Waals surface area contributed by atoms with Crippen molar-refractivity contribution in [1.82, 2.24) is 0 Å². The number of para-hydroxylation sites is 1. The molecule has 134 valence electrons. The Hall–Kier alpha value is -2.05. The average molecular weight is 382 g/mol. The van der Waals surface area contributed by atoms with Crippen molar-refractivity contribution in [2.75, 3.05) is 0 Å². The summed E-state index contributed by atoms with van der Waals surface area (Å²) in [6.45, 7) is 0. The quantitative estimate of drug-likeness (QED) is 0.442. The zero-order valence-corrected chi connectivity index (χ0v) is 14.4. The van der Waals surface area contributed by atoms with E-state index in [0.29, 0.717) is 11.5 Å². The summed E-state index contributed by atoms with van der Waals surface area (Å²) in [6, 6.07) is 22.0. The molecule has 0 bridgehead atoms. The molecule has 3 aromatic rings. The van der Waals surface area contributed by atoms with E-state index in [1.807, 2.05) is 6.07 Å². The standard InChI is InChI=1S/C20H14F3O2P.Li.H/c21-20(22,23)26(19(24)15-7-3-1-4-8-15)18-13-11-17(12-14-18)25-16-9-5-2-6-10-16;;/h1-14H;;. The van der Waals surface area contributed by atoms with Gasteiger partial charge in [-0.25, -0.2) is 0 Å². The third kappa shape index (κ3) is 5.46. The van der Waals surface area contributed by atoms with Crippen LogP contribution in [-0.4, -0.2) is 30.3 Å². The van der Waals surface area contributed by atoms with Gasteiger partial charge in [0.25, 0.3) is 0 Å². The van der Waals surface area contributed by atoms with Gasteiger partial charge < -0.3 is 4.74 Å². The molecule has 0 fully saturated rings. The molecular weight excluding hydrogens is 367 g/mol. The number of alkyl halides is 3. The van der Waals surface area contributed by atoms with Crippen molar-refractivity contribution in [3.05, 3.63) is 90.5 Å². The van der Waals surface area contributed by atoms with Gasteiger partial charge in [-0.1, -0.05) is 60.7 Å². The Labute approximate surface area is 168 Å². The van der Waals surface area contributed by atoms with Crippen LogP contribution < -0.4 is 10.0 Å². The number of rotatable bonds is 5. The Morgan fingerprint density at radius 1 is 0.741 bits per heavy atom. The second-order valence-corrected chi connectivity index (χ2v) is 7.48. The number of hydrogen-bond donors (Lipinski definition) is 0. The van der Waals surface area contributed by atoms with E-state index in [9.17, 15) is 18.0 Å². The number of halogens is 3. The van der Waals surface area contributed by atoms with E-state index < -0.39 is 19.4 Å². The molecule has 3 rings (SSSR count). The molecule has 0 spiro atoms. The van der Waals surface area contributed by atoms with E-state index in [1.54, 1.807) is 42.5 Å². The fourth-order valence-corrected chi connectivity index (χ4v) is 3.99. The minimum absolute atomic E-state index is 0. The summed E-state index contributed by atoms with van der Waals surface area (Å²) >= 11 is 0. The SMILES string of the molecule is O=C(c1ccccc1)P(c1ccc(Oc2ccccc2)cc1)C(F)(F)F.[LiH]. The third-order valence-electron chi connectivity index (χ3n) is 3.55. The fourth-order valence-electron chi connectivity index (χ4n) is 2.38. The maximum atomic E-state index is 13.6. The number of carbonyl (C=O) groups excluding carboxylic acids is 1. The van der Waals surface area contributed by atoms with Crippen LogP contribution in [0.25, 0.3) is 0 Å². The summed E-state index contributed by atoms with van der Waals surface area (Å²) in [5.74, 6) is -3.63. The molecule has 1 unspecified atom stereocenters. The van der Waals surface area contributed by atoms with Gasteiger partial charge in [0.05, 0.1) is 0 Å². The molecule has 3 aromatic carbocycles.